The Balaban J connectivity index is 1.98. The summed E-state index contributed by atoms with van der Waals surface area (Å²) >= 11 is 0. The van der Waals surface area contributed by atoms with Crippen LogP contribution in [-0.4, -0.2) is 36.5 Å². The second-order valence-electron chi connectivity index (χ2n) is 5.66. The Morgan fingerprint density at radius 3 is 2.50 bits per heavy atom. The molecule has 0 heterocycles. The molecule has 0 saturated heterocycles. The Morgan fingerprint density at radius 2 is 2.00 bits per heavy atom. The van der Waals surface area contributed by atoms with E-state index in [0.717, 1.165) is 12.3 Å². The number of aliphatic hydroxyl groups is 1. The lowest BCUT2D eigenvalue weighted by Gasteiger charge is -2.18. The van der Waals surface area contributed by atoms with Gasteiger partial charge in [0.15, 0.2) is 0 Å². The molecule has 4 unspecified atom stereocenters. The molecule has 3 nitrogen and oxygen atoms in total. The van der Waals surface area contributed by atoms with E-state index in [2.05, 4.69) is 33.0 Å². The number of nitrogens with one attached hydrogen (secondary N) is 1. The molecule has 16 heavy (non-hydrogen) atoms. The SMILES string of the molecule is CC(C)CC(C)OCC(O)CNC1CC1C. The third-order valence-electron chi connectivity index (χ3n) is 3.10. The molecule has 0 aromatic carbocycles. The van der Waals surface area contributed by atoms with Crippen molar-refractivity contribution in [1.29, 1.82) is 0 Å². The van der Waals surface area contributed by atoms with Crippen molar-refractivity contribution >= 4 is 0 Å². The number of aliphatic hydroxyl groups excluding tert-OH is 1. The first-order valence-electron chi connectivity index (χ1n) is 6.52. The first-order valence-corrected chi connectivity index (χ1v) is 6.52. The molecule has 2 N–H and O–H groups in total. The Bertz CT molecular complexity index is 196. The van der Waals surface area contributed by atoms with E-state index in [4.69, 9.17) is 4.74 Å². The highest BCUT2D eigenvalue weighted by Gasteiger charge is 2.32. The Hall–Kier alpha value is -0.120. The zero-order chi connectivity index (χ0) is 12.1. The molecule has 96 valence electrons. The van der Waals surface area contributed by atoms with Crippen molar-refractivity contribution in [1.82, 2.24) is 5.32 Å². The van der Waals surface area contributed by atoms with Gasteiger partial charge in [-0.3, -0.25) is 0 Å². The van der Waals surface area contributed by atoms with Crippen LogP contribution >= 0.6 is 0 Å². The van der Waals surface area contributed by atoms with Gasteiger partial charge in [-0.25, -0.2) is 0 Å². The van der Waals surface area contributed by atoms with Gasteiger partial charge in [-0.2, -0.15) is 0 Å². The third-order valence-corrected chi connectivity index (χ3v) is 3.10. The van der Waals surface area contributed by atoms with E-state index >= 15 is 0 Å². The summed E-state index contributed by atoms with van der Waals surface area (Å²) in [5, 5.41) is 13.0. The molecule has 0 amide bonds. The second kappa shape index (κ2) is 6.58. The van der Waals surface area contributed by atoms with Crippen molar-refractivity contribution in [3.63, 3.8) is 0 Å². The second-order valence-corrected chi connectivity index (χ2v) is 5.66. The molecular weight excluding hydrogens is 202 g/mol. The largest absolute Gasteiger partial charge is 0.389 e. The van der Waals surface area contributed by atoms with E-state index in [0.29, 0.717) is 25.1 Å². The molecule has 0 aromatic heterocycles. The van der Waals surface area contributed by atoms with Gasteiger partial charge in [0.1, 0.15) is 0 Å². The number of rotatable bonds is 8. The highest BCUT2D eigenvalue weighted by atomic mass is 16.5. The van der Waals surface area contributed by atoms with Crippen LogP contribution in [0.4, 0.5) is 0 Å². The van der Waals surface area contributed by atoms with Crippen LogP contribution in [0.3, 0.4) is 0 Å². The zero-order valence-electron chi connectivity index (χ0n) is 11.1. The molecule has 1 fully saturated rings. The van der Waals surface area contributed by atoms with Gasteiger partial charge in [0.05, 0.1) is 18.8 Å². The third kappa shape index (κ3) is 5.83. The van der Waals surface area contributed by atoms with Crippen LogP contribution in [0.2, 0.25) is 0 Å². The van der Waals surface area contributed by atoms with Gasteiger partial charge in [0, 0.05) is 12.6 Å². The van der Waals surface area contributed by atoms with Gasteiger partial charge in [-0.1, -0.05) is 20.8 Å². The molecule has 1 aliphatic carbocycles. The lowest BCUT2D eigenvalue weighted by molar-refractivity contribution is -0.00865. The Morgan fingerprint density at radius 1 is 1.38 bits per heavy atom. The summed E-state index contributed by atoms with van der Waals surface area (Å²) in [4.78, 5) is 0. The van der Waals surface area contributed by atoms with Gasteiger partial charge in [-0.05, 0) is 31.6 Å². The average Bonchev–Trinajstić information content (AvgIpc) is 2.87. The first-order chi connectivity index (χ1) is 7.49. The summed E-state index contributed by atoms with van der Waals surface area (Å²) in [6.07, 6.45) is 2.17. The van der Waals surface area contributed by atoms with E-state index in [1.807, 2.05) is 0 Å². The van der Waals surface area contributed by atoms with Gasteiger partial charge < -0.3 is 15.2 Å². The molecule has 1 rings (SSSR count). The Labute approximate surface area is 99.6 Å². The lowest BCUT2D eigenvalue weighted by atomic mass is 10.1. The van der Waals surface area contributed by atoms with Crippen molar-refractivity contribution in [2.45, 2.75) is 58.8 Å². The minimum Gasteiger partial charge on any atom is -0.389 e. The fourth-order valence-electron chi connectivity index (χ4n) is 1.96. The fraction of sp³-hybridized carbons (Fsp3) is 1.00. The van der Waals surface area contributed by atoms with E-state index < -0.39 is 0 Å². The summed E-state index contributed by atoms with van der Waals surface area (Å²) in [5.41, 5.74) is 0. The molecule has 0 aliphatic heterocycles. The van der Waals surface area contributed by atoms with E-state index in [9.17, 15) is 5.11 Å². The van der Waals surface area contributed by atoms with Crippen LogP contribution in [0.5, 0.6) is 0 Å². The summed E-state index contributed by atoms with van der Waals surface area (Å²) in [6.45, 7) is 9.78. The highest BCUT2D eigenvalue weighted by Crippen LogP contribution is 2.28. The van der Waals surface area contributed by atoms with Crippen molar-refractivity contribution < 1.29 is 9.84 Å². The van der Waals surface area contributed by atoms with Crippen molar-refractivity contribution in [3.8, 4) is 0 Å². The zero-order valence-corrected chi connectivity index (χ0v) is 11.1. The summed E-state index contributed by atoms with van der Waals surface area (Å²) in [5.74, 6) is 1.44. The topological polar surface area (TPSA) is 41.5 Å². The average molecular weight is 229 g/mol. The van der Waals surface area contributed by atoms with E-state index in [-0.39, 0.29) is 12.2 Å². The minimum atomic E-state index is -0.373. The molecule has 3 heteroatoms. The number of hydrogen-bond acceptors (Lipinski definition) is 3. The first kappa shape index (κ1) is 13.9. The van der Waals surface area contributed by atoms with Crippen LogP contribution in [0.15, 0.2) is 0 Å². The summed E-state index contributed by atoms with van der Waals surface area (Å²) in [7, 11) is 0. The minimum absolute atomic E-state index is 0.245. The van der Waals surface area contributed by atoms with Crippen LogP contribution in [0.25, 0.3) is 0 Å². The number of hydrogen-bond donors (Lipinski definition) is 2. The molecule has 1 aliphatic rings. The van der Waals surface area contributed by atoms with Crippen LogP contribution in [0.1, 0.15) is 40.5 Å². The van der Waals surface area contributed by atoms with Crippen molar-refractivity contribution in [2.75, 3.05) is 13.2 Å². The van der Waals surface area contributed by atoms with Gasteiger partial charge in [0.25, 0.3) is 0 Å². The van der Waals surface area contributed by atoms with Gasteiger partial charge in [0.2, 0.25) is 0 Å². The smallest absolute Gasteiger partial charge is 0.0897 e. The fourth-order valence-corrected chi connectivity index (χ4v) is 1.96. The maximum Gasteiger partial charge on any atom is 0.0897 e. The van der Waals surface area contributed by atoms with Crippen molar-refractivity contribution in [2.24, 2.45) is 11.8 Å². The predicted octanol–water partition coefficient (Wildman–Crippen LogP) is 1.80. The molecule has 0 radical (unpaired) electrons. The molecule has 0 spiro atoms. The van der Waals surface area contributed by atoms with E-state index in [1.54, 1.807) is 0 Å². The molecule has 0 aromatic rings. The maximum absolute atomic E-state index is 9.71. The molecule has 4 atom stereocenters. The monoisotopic (exact) mass is 229 g/mol. The standard InChI is InChI=1S/C13H27NO2/c1-9(2)5-11(4)16-8-12(15)7-14-13-6-10(13)3/h9-15H,5-8H2,1-4H3. The van der Waals surface area contributed by atoms with Gasteiger partial charge in [-0.15, -0.1) is 0 Å². The van der Waals surface area contributed by atoms with Crippen LogP contribution in [0, 0.1) is 11.8 Å². The van der Waals surface area contributed by atoms with Gasteiger partial charge >= 0.3 is 0 Å². The van der Waals surface area contributed by atoms with Crippen molar-refractivity contribution in [3.05, 3.63) is 0 Å². The molecule has 1 saturated carbocycles. The van der Waals surface area contributed by atoms with E-state index in [1.165, 1.54) is 6.42 Å². The predicted molar refractivity (Wildman–Crippen MR) is 66.4 cm³/mol. The number of ether oxygens (including phenoxy) is 1. The molecule has 0 bridgehead atoms. The summed E-state index contributed by atoms with van der Waals surface area (Å²) in [6, 6.07) is 0.628. The van der Waals surface area contributed by atoms with Crippen LogP contribution in [-0.2, 0) is 4.74 Å². The highest BCUT2D eigenvalue weighted by molar-refractivity contribution is 4.89. The Kier molecular flexibility index (Phi) is 5.73. The lowest BCUT2D eigenvalue weighted by Crippen LogP contribution is -2.33. The van der Waals surface area contributed by atoms with Crippen LogP contribution < -0.4 is 5.32 Å². The quantitative estimate of drug-likeness (QED) is 0.667. The normalized spacial score (nSPS) is 28.1. The summed E-state index contributed by atoms with van der Waals surface area (Å²) < 4.78 is 5.60. The maximum atomic E-state index is 9.71. The molecular formula is C13H27NO2.